The smallest absolute Gasteiger partial charge is 0.224 e. The predicted molar refractivity (Wildman–Crippen MR) is 61.5 cm³/mol. The minimum Gasteiger partial charge on any atom is -0.384 e. The summed E-state index contributed by atoms with van der Waals surface area (Å²) >= 11 is 0. The van der Waals surface area contributed by atoms with Crippen LogP contribution in [-0.4, -0.2) is 16.0 Å². The maximum absolute atomic E-state index is 5.60. The lowest BCUT2D eigenvalue weighted by atomic mass is 10.1. The van der Waals surface area contributed by atoms with Gasteiger partial charge in [0.25, 0.3) is 0 Å². The number of nitrogens with two attached hydrogens (primary N) is 1. The lowest BCUT2D eigenvalue weighted by molar-refractivity contribution is 0.583. The minimum absolute atomic E-state index is 0.485. The molecule has 0 aromatic carbocycles. The van der Waals surface area contributed by atoms with Crippen molar-refractivity contribution in [3.8, 4) is 0 Å². The Morgan fingerprint density at radius 2 is 2.40 bits per heavy atom. The zero-order valence-electron chi connectivity index (χ0n) is 9.11. The molecule has 1 fully saturated rings. The Balaban J connectivity index is 1.92. The molecule has 0 spiro atoms. The van der Waals surface area contributed by atoms with Crippen molar-refractivity contribution in [3.05, 3.63) is 12.3 Å². The average molecular weight is 206 g/mol. The highest BCUT2D eigenvalue weighted by molar-refractivity contribution is 5.35. The molecule has 0 aliphatic heterocycles. The first-order valence-electron chi connectivity index (χ1n) is 5.63. The van der Waals surface area contributed by atoms with Crippen LogP contribution in [0, 0.1) is 5.92 Å². The second kappa shape index (κ2) is 4.47. The van der Waals surface area contributed by atoms with Crippen molar-refractivity contribution in [2.75, 3.05) is 11.1 Å². The van der Waals surface area contributed by atoms with Gasteiger partial charge < -0.3 is 11.1 Å². The first-order chi connectivity index (χ1) is 7.28. The van der Waals surface area contributed by atoms with Crippen molar-refractivity contribution in [3.63, 3.8) is 0 Å². The molecular formula is C11H18N4. The molecule has 1 aromatic rings. The molecule has 1 saturated carbocycles. The quantitative estimate of drug-likeness (QED) is 0.774. The summed E-state index contributed by atoms with van der Waals surface area (Å²) in [4.78, 5) is 8.30. The molecule has 0 amide bonds. The maximum atomic E-state index is 5.60. The van der Waals surface area contributed by atoms with Gasteiger partial charge in [0, 0.05) is 12.2 Å². The summed E-state index contributed by atoms with van der Waals surface area (Å²) in [7, 11) is 0. The minimum atomic E-state index is 0.485. The van der Waals surface area contributed by atoms with E-state index in [1.807, 2.05) is 0 Å². The Kier molecular flexibility index (Phi) is 3.04. The topological polar surface area (TPSA) is 63.8 Å². The molecule has 0 saturated heterocycles. The maximum Gasteiger partial charge on any atom is 0.224 e. The van der Waals surface area contributed by atoms with Crippen molar-refractivity contribution < 1.29 is 0 Å². The Hall–Kier alpha value is -1.32. The van der Waals surface area contributed by atoms with E-state index in [2.05, 4.69) is 22.2 Å². The molecule has 1 heterocycles. The van der Waals surface area contributed by atoms with Crippen LogP contribution in [0.2, 0.25) is 0 Å². The summed E-state index contributed by atoms with van der Waals surface area (Å²) in [6.45, 7) is 2.19. The van der Waals surface area contributed by atoms with Crippen molar-refractivity contribution in [2.24, 2.45) is 5.92 Å². The van der Waals surface area contributed by atoms with Gasteiger partial charge in [-0.2, -0.15) is 4.98 Å². The van der Waals surface area contributed by atoms with E-state index in [1.165, 1.54) is 19.3 Å². The lowest BCUT2D eigenvalue weighted by Gasteiger charge is -2.16. The standard InChI is InChI=1S/C11H18N4/c1-2-9(7-8-3-4-8)14-11-13-6-5-10(12)15-11/h5-6,8-9H,2-4,7H2,1H3,(H3,12,13,14,15). The highest BCUT2D eigenvalue weighted by Gasteiger charge is 2.24. The fraction of sp³-hybridized carbons (Fsp3) is 0.636. The number of rotatable bonds is 5. The third kappa shape index (κ3) is 3.08. The van der Waals surface area contributed by atoms with Crippen LogP contribution >= 0.6 is 0 Å². The fourth-order valence-electron chi connectivity index (χ4n) is 1.71. The second-order valence-corrected chi connectivity index (χ2v) is 4.23. The number of anilines is 2. The Morgan fingerprint density at radius 3 is 3.00 bits per heavy atom. The summed E-state index contributed by atoms with van der Waals surface area (Å²) < 4.78 is 0. The molecule has 2 rings (SSSR count). The molecule has 1 atom stereocenters. The third-order valence-electron chi connectivity index (χ3n) is 2.82. The molecule has 4 nitrogen and oxygen atoms in total. The van der Waals surface area contributed by atoms with Crippen LogP contribution in [0.5, 0.6) is 0 Å². The van der Waals surface area contributed by atoms with Gasteiger partial charge in [-0.15, -0.1) is 0 Å². The van der Waals surface area contributed by atoms with Gasteiger partial charge in [0.05, 0.1) is 0 Å². The summed E-state index contributed by atoms with van der Waals surface area (Å²) in [6, 6.07) is 2.19. The summed E-state index contributed by atoms with van der Waals surface area (Å²) in [5, 5.41) is 3.34. The van der Waals surface area contributed by atoms with Gasteiger partial charge in [-0.05, 0) is 24.8 Å². The summed E-state index contributed by atoms with van der Waals surface area (Å²) in [6.07, 6.45) is 6.80. The highest BCUT2D eigenvalue weighted by atomic mass is 15.1. The number of aromatic nitrogens is 2. The molecule has 3 N–H and O–H groups in total. The van der Waals surface area contributed by atoms with Gasteiger partial charge in [-0.25, -0.2) is 4.98 Å². The zero-order chi connectivity index (χ0) is 10.7. The van der Waals surface area contributed by atoms with E-state index >= 15 is 0 Å². The van der Waals surface area contributed by atoms with Gasteiger partial charge in [-0.1, -0.05) is 19.8 Å². The first-order valence-corrected chi connectivity index (χ1v) is 5.63. The van der Waals surface area contributed by atoms with Crippen LogP contribution in [-0.2, 0) is 0 Å². The molecule has 1 unspecified atom stereocenters. The van der Waals surface area contributed by atoms with Crippen LogP contribution in [0.4, 0.5) is 11.8 Å². The van der Waals surface area contributed by atoms with E-state index in [1.54, 1.807) is 12.3 Å². The lowest BCUT2D eigenvalue weighted by Crippen LogP contribution is -2.20. The van der Waals surface area contributed by atoms with Crippen molar-refractivity contribution in [2.45, 2.75) is 38.6 Å². The molecule has 82 valence electrons. The van der Waals surface area contributed by atoms with Crippen molar-refractivity contribution in [1.29, 1.82) is 0 Å². The van der Waals surface area contributed by atoms with Crippen molar-refractivity contribution >= 4 is 11.8 Å². The van der Waals surface area contributed by atoms with E-state index in [4.69, 9.17) is 5.73 Å². The van der Waals surface area contributed by atoms with Crippen LogP contribution in [0.15, 0.2) is 12.3 Å². The largest absolute Gasteiger partial charge is 0.384 e. The van der Waals surface area contributed by atoms with E-state index in [0.717, 1.165) is 12.3 Å². The average Bonchev–Trinajstić information content (AvgIpc) is 3.01. The molecule has 4 heteroatoms. The van der Waals surface area contributed by atoms with Gasteiger partial charge in [0.1, 0.15) is 5.82 Å². The molecule has 0 bridgehead atoms. The van der Waals surface area contributed by atoms with Gasteiger partial charge in [-0.3, -0.25) is 0 Å². The van der Waals surface area contributed by atoms with E-state index in [-0.39, 0.29) is 0 Å². The third-order valence-corrected chi connectivity index (χ3v) is 2.82. The SMILES string of the molecule is CCC(CC1CC1)Nc1nccc(N)n1. The predicted octanol–water partition coefficient (Wildman–Crippen LogP) is 2.05. The molecule has 1 aliphatic rings. The normalized spacial score (nSPS) is 17.4. The summed E-state index contributed by atoms with van der Waals surface area (Å²) in [5.41, 5.74) is 5.60. The van der Waals surface area contributed by atoms with E-state index in [0.29, 0.717) is 17.8 Å². The molecule has 15 heavy (non-hydrogen) atoms. The van der Waals surface area contributed by atoms with Crippen LogP contribution in [0.3, 0.4) is 0 Å². The zero-order valence-corrected chi connectivity index (χ0v) is 9.11. The van der Waals surface area contributed by atoms with Gasteiger partial charge in [0.2, 0.25) is 5.95 Å². The van der Waals surface area contributed by atoms with Gasteiger partial charge >= 0.3 is 0 Å². The molecule has 1 aliphatic carbocycles. The number of nitrogens with one attached hydrogen (secondary N) is 1. The molecule has 1 aromatic heterocycles. The van der Waals surface area contributed by atoms with Gasteiger partial charge in [0.15, 0.2) is 0 Å². The Morgan fingerprint density at radius 1 is 1.60 bits per heavy atom. The first kappa shape index (κ1) is 10.2. The van der Waals surface area contributed by atoms with Crippen molar-refractivity contribution in [1.82, 2.24) is 9.97 Å². The number of hydrogen-bond acceptors (Lipinski definition) is 4. The molecular weight excluding hydrogens is 188 g/mol. The number of hydrogen-bond donors (Lipinski definition) is 2. The number of nitrogen functional groups attached to an aromatic ring is 1. The monoisotopic (exact) mass is 206 g/mol. The molecule has 0 radical (unpaired) electrons. The van der Waals surface area contributed by atoms with Crippen LogP contribution < -0.4 is 11.1 Å². The summed E-state index contributed by atoms with van der Waals surface area (Å²) in [5.74, 6) is 2.10. The van der Waals surface area contributed by atoms with Crippen LogP contribution in [0.1, 0.15) is 32.6 Å². The van der Waals surface area contributed by atoms with Crippen LogP contribution in [0.25, 0.3) is 0 Å². The number of nitrogens with zero attached hydrogens (tertiary/aromatic N) is 2. The Bertz CT molecular complexity index is 322. The fourth-order valence-corrected chi connectivity index (χ4v) is 1.71. The van der Waals surface area contributed by atoms with E-state index in [9.17, 15) is 0 Å². The Labute approximate surface area is 90.3 Å². The van der Waals surface area contributed by atoms with E-state index < -0.39 is 0 Å². The second-order valence-electron chi connectivity index (χ2n) is 4.23. The highest BCUT2D eigenvalue weighted by Crippen LogP contribution is 2.34.